The van der Waals surface area contributed by atoms with Crippen LogP contribution in [-0.4, -0.2) is 10.5 Å². The predicted molar refractivity (Wildman–Crippen MR) is 54.0 cm³/mol. The van der Waals surface area contributed by atoms with Gasteiger partial charge in [0, 0.05) is 5.25 Å². The van der Waals surface area contributed by atoms with Crippen molar-refractivity contribution in [1.29, 1.82) is 5.26 Å². The SMILES string of the molecule is CC(C#N)SC1CC=CC[C@H]1C. The Balaban J connectivity index is 2.42. The largest absolute Gasteiger partial charge is 0.197 e. The number of thioether (sulfide) groups is 1. The molecule has 3 atom stereocenters. The molecule has 2 unspecified atom stereocenters. The third kappa shape index (κ3) is 2.57. The topological polar surface area (TPSA) is 23.8 Å². The van der Waals surface area contributed by atoms with Gasteiger partial charge in [-0.1, -0.05) is 19.1 Å². The Morgan fingerprint density at radius 1 is 1.50 bits per heavy atom. The Morgan fingerprint density at radius 2 is 2.17 bits per heavy atom. The summed E-state index contributed by atoms with van der Waals surface area (Å²) in [6.07, 6.45) is 6.80. The third-order valence-corrected chi connectivity index (χ3v) is 3.76. The minimum atomic E-state index is 0.143. The first-order valence-electron chi connectivity index (χ1n) is 4.44. The second-order valence-electron chi connectivity index (χ2n) is 3.37. The molecule has 0 N–H and O–H groups in total. The molecule has 0 aliphatic heterocycles. The molecule has 0 heterocycles. The van der Waals surface area contributed by atoms with Crippen LogP contribution < -0.4 is 0 Å². The lowest BCUT2D eigenvalue weighted by atomic mass is 9.96. The van der Waals surface area contributed by atoms with Crippen molar-refractivity contribution in [3.05, 3.63) is 12.2 Å². The molecule has 0 saturated heterocycles. The molecular formula is C10H15NS. The molecule has 0 radical (unpaired) electrons. The van der Waals surface area contributed by atoms with Crippen molar-refractivity contribution in [2.45, 2.75) is 37.2 Å². The van der Waals surface area contributed by atoms with Gasteiger partial charge in [-0.25, -0.2) is 0 Å². The van der Waals surface area contributed by atoms with Crippen molar-refractivity contribution < 1.29 is 0 Å². The lowest BCUT2D eigenvalue weighted by Gasteiger charge is -2.25. The van der Waals surface area contributed by atoms with E-state index in [-0.39, 0.29) is 5.25 Å². The fraction of sp³-hybridized carbons (Fsp3) is 0.700. The molecule has 12 heavy (non-hydrogen) atoms. The van der Waals surface area contributed by atoms with Gasteiger partial charge in [0.05, 0.1) is 11.3 Å². The van der Waals surface area contributed by atoms with E-state index in [2.05, 4.69) is 25.1 Å². The minimum Gasteiger partial charge on any atom is -0.197 e. The molecule has 0 saturated carbocycles. The summed E-state index contributed by atoms with van der Waals surface area (Å²) in [6.45, 7) is 4.25. The van der Waals surface area contributed by atoms with Crippen LogP contribution in [0.15, 0.2) is 12.2 Å². The van der Waals surface area contributed by atoms with Crippen LogP contribution in [-0.2, 0) is 0 Å². The van der Waals surface area contributed by atoms with E-state index in [4.69, 9.17) is 5.26 Å². The van der Waals surface area contributed by atoms with Crippen LogP contribution in [0.2, 0.25) is 0 Å². The molecule has 0 aromatic carbocycles. The van der Waals surface area contributed by atoms with Crippen molar-refractivity contribution in [2.24, 2.45) is 5.92 Å². The predicted octanol–water partition coefficient (Wildman–Crippen LogP) is 2.99. The van der Waals surface area contributed by atoms with E-state index in [1.54, 1.807) is 0 Å². The van der Waals surface area contributed by atoms with Gasteiger partial charge in [-0.3, -0.25) is 0 Å². The molecule has 0 fully saturated rings. The Kier molecular flexibility index (Phi) is 3.68. The number of hydrogen-bond acceptors (Lipinski definition) is 2. The number of allylic oxidation sites excluding steroid dienone is 2. The first kappa shape index (κ1) is 9.67. The fourth-order valence-corrected chi connectivity index (χ4v) is 2.59. The lowest BCUT2D eigenvalue weighted by Crippen LogP contribution is -2.18. The van der Waals surface area contributed by atoms with E-state index >= 15 is 0 Å². The van der Waals surface area contributed by atoms with E-state index in [1.807, 2.05) is 18.7 Å². The molecule has 2 heteroatoms. The van der Waals surface area contributed by atoms with Gasteiger partial charge < -0.3 is 0 Å². The Bertz CT molecular complexity index is 204. The van der Waals surface area contributed by atoms with Crippen molar-refractivity contribution in [2.75, 3.05) is 0 Å². The monoisotopic (exact) mass is 181 g/mol. The van der Waals surface area contributed by atoms with Crippen LogP contribution in [0.1, 0.15) is 26.7 Å². The van der Waals surface area contributed by atoms with Gasteiger partial charge in [-0.15, -0.1) is 11.8 Å². The van der Waals surface area contributed by atoms with Gasteiger partial charge in [-0.05, 0) is 25.7 Å². The highest BCUT2D eigenvalue weighted by molar-refractivity contribution is 8.00. The summed E-state index contributed by atoms with van der Waals surface area (Å²) in [5.41, 5.74) is 0. The zero-order valence-electron chi connectivity index (χ0n) is 7.66. The standard InChI is InChI=1S/C10H15NS/c1-8-5-3-4-6-10(8)12-9(2)7-11/h3-4,8-10H,5-6H2,1-2H3/t8-,9?,10?/m1/s1. The summed E-state index contributed by atoms with van der Waals surface area (Å²) < 4.78 is 0. The van der Waals surface area contributed by atoms with Gasteiger partial charge >= 0.3 is 0 Å². The highest BCUT2D eigenvalue weighted by Crippen LogP contribution is 2.31. The summed E-state index contributed by atoms with van der Waals surface area (Å²) in [7, 11) is 0. The van der Waals surface area contributed by atoms with E-state index in [9.17, 15) is 0 Å². The van der Waals surface area contributed by atoms with Crippen LogP contribution in [0, 0.1) is 17.2 Å². The average Bonchev–Trinajstić information content (AvgIpc) is 2.09. The fourth-order valence-electron chi connectivity index (χ4n) is 1.41. The van der Waals surface area contributed by atoms with Gasteiger partial charge in [0.15, 0.2) is 0 Å². The molecule has 0 aromatic heterocycles. The zero-order chi connectivity index (χ0) is 8.97. The molecule has 1 aliphatic carbocycles. The van der Waals surface area contributed by atoms with Crippen molar-refractivity contribution in [1.82, 2.24) is 0 Å². The Hall–Kier alpha value is -0.420. The number of rotatable bonds is 2. The summed E-state index contributed by atoms with van der Waals surface area (Å²) in [5, 5.41) is 9.46. The maximum absolute atomic E-state index is 8.66. The van der Waals surface area contributed by atoms with Gasteiger partial charge in [0.1, 0.15) is 0 Å². The molecule has 1 rings (SSSR count). The van der Waals surface area contributed by atoms with Crippen LogP contribution in [0.5, 0.6) is 0 Å². The molecular weight excluding hydrogens is 166 g/mol. The smallest absolute Gasteiger partial charge is 0.0891 e. The van der Waals surface area contributed by atoms with Crippen molar-refractivity contribution >= 4 is 11.8 Å². The zero-order valence-corrected chi connectivity index (χ0v) is 8.47. The number of hydrogen-bond donors (Lipinski definition) is 0. The highest BCUT2D eigenvalue weighted by Gasteiger charge is 2.20. The number of nitrogens with zero attached hydrogens (tertiary/aromatic N) is 1. The van der Waals surface area contributed by atoms with Crippen LogP contribution in [0.25, 0.3) is 0 Å². The maximum Gasteiger partial charge on any atom is 0.0891 e. The second-order valence-corrected chi connectivity index (χ2v) is 4.95. The summed E-state index contributed by atoms with van der Waals surface area (Å²) in [6, 6.07) is 2.27. The first-order valence-corrected chi connectivity index (χ1v) is 5.38. The lowest BCUT2D eigenvalue weighted by molar-refractivity contribution is 0.542. The molecule has 0 amide bonds. The second kappa shape index (κ2) is 4.57. The molecule has 1 nitrogen and oxygen atoms in total. The number of nitriles is 1. The molecule has 0 bridgehead atoms. The molecule has 1 aliphatic rings. The van der Waals surface area contributed by atoms with E-state index in [1.165, 1.54) is 6.42 Å². The van der Waals surface area contributed by atoms with Crippen molar-refractivity contribution in [3.8, 4) is 6.07 Å². The van der Waals surface area contributed by atoms with Gasteiger partial charge in [-0.2, -0.15) is 5.26 Å². The molecule has 0 spiro atoms. The Labute approximate surface area is 78.8 Å². The van der Waals surface area contributed by atoms with Gasteiger partial charge in [0.25, 0.3) is 0 Å². The van der Waals surface area contributed by atoms with Crippen molar-refractivity contribution in [3.63, 3.8) is 0 Å². The molecule has 0 aromatic rings. The van der Waals surface area contributed by atoms with E-state index in [0.717, 1.165) is 12.3 Å². The highest BCUT2D eigenvalue weighted by atomic mass is 32.2. The van der Waals surface area contributed by atoms with Crippen LogP contribution >= 0.6 is 11.8 Å². The van der Waals surface area contributed by atoms with Crippen LogP contribution in [0.3, 0.4) is 0 Å². The van der Waals surface area contributed by atoms with Crippen LogP contribution in [0.4, 0.5) is 0 Å². The van der Waals surface area contributed by atoms with E-state index < -0.39 is 0 Å². The quantitative estimate of drug-likeness (QED) is 0.611. The summed E-state index contributed by atoms with van der Waals surface area (Å²) >= 11 is 1.82. The van der Waals surface area contributed by atoms with E-state index in [0.29, 0.717) is 5.25 Å². The Morgan fingerprint density at radius 3 is 2.75 bits per heavy atom. The normalized spacial score (nSPS) is 31.1. The average molecular weight is 181 g/mol. The first-order chi connectivity index (χ1) is 5.74. The third-order valence-electron chi connectivity index (χ3n) is 2.24. The minimum absolute atomic E-state index is 0.143. The summed E-state index contributed by atoms with van der Waals surface area (Å²) in [4.78, 5) is 0. The molecule has 66 valence electrons. The maximum atomic E-state index is 8.66. The van der Waals surface area contributed by atoms with Gasteiger partial charge in [0.2, 0.25) is 0 Å². The summed E-state index contributed by atoms with van der Waals surface area (Å²) in [5.74, 6) is 0.732.